The number of aryl methyl sites for hydroxylation is 1. The van der Waals surface area contributed by atoms with E-state index in [0.717, 1.165) is 12.1 Å². The highest BCUT2D eigenvalue weighted by Gasteiger charge is 2.03. The molecule has 0 bridgehead atoms. The van der Waals surface area contributed by atoms with Crippen LogP contribution < -0.4 is 4.57 Å². The Kier molecular flexibility index (Phi) is 10.3. The topological polar surface area (TPSA) is 36.5 Å². The number of pyridine rings is 1. The first-order valence-corrected chi connectivity index (χ1v) is 8.96. The lowest BCUT2D eigenvalue weighted by Crippen LogP contribution is -2.32. The Morgan fingerprint density at radius 2 is 1.41 bits per heavy atom. The quantitative estimate of drug-likeness (QED) is 0.188. The lowest BCUT2D eigenvalue weighted by Gasteiger charge is -2.02. The van der Waals surface area contributed by atoms with Crippen molar-refractivity contribution in [2.75, 3.05) is 0 Å². The second-order valence-corrected chi connectivity index (χ2v) is 6.19. The molecule has 0 saturated carbocycles. The van der Waals surface area contributed by atoms with Crippen LogP contribution in [-0.4, -0.2) is 10.9 Å². The van der Waals surface area contributed by atoms with Crippen LogP contribution in [-0.2, 0) is 6.54 Å². The van der Waals surface area contributed by atoms with Crippen LogP contribution in [0.25, 0.3) is 0 Å². The van der Waals surface area contributed by atoms with Gasteiger partial charge in [-0.3, -0.25) is 0 Å². The molecule has 0 unspecified atom stereocenters. The lowest BCUT2D eigenvalue weighted by molar-refractivity contribution is -0.697. The van der Waals surface area contributed by atoms with Crippen molar-refractivity contribution in [1.29, 1.82) is 0 Å². The maximum atomic E-state index is 8.74. The molecule has 0 atom stereocenters. The van der Waals surface area contributed by atoms with Crippen molar-refractivity contribution in [2.24, 2.45) is 5.16 Å². The molecule has 1 rings (SSSR count). The van der Waals surface area contributed by atoms with Gasteiger partial charge in [0.2, 0.25) is 0 Å². The van der Waals surface area contributed by atoms with Crippen LogP contribution in [0.3, 0.4) is 0 Å². The highest BCUT2D eigenvalue weighted by atomic mass is 16.4. The first kappa shape index (κ1) is 18.7. The SMILES string of the molecule is CCCCCCCCCCCC[n+]1ccc(C(C)=NO)cc1. The van der Waals surface area contributed by atoms with E-state index >= 15 is 0 Å². The van der Waals surface area contributed by atoms with Gasteiger partial charge in [0, 0.05) is 24.1 Å². The van der Waals surface area contributed by atoms with Crippen molar-refractivity contribution in [2.45, 2.75) is 84.6 Å². The smallest absolute Gasteiger partial charge is 0.169 e. The van der Waals surface area contributed by atoms with Gasteiger partial charge in [-0.1, -0.05) is 63.4 Å². The standard InChI is InChI=1S/C19H32N2O/c1-3-4-5-6-7-8-9-10-11-12-15-21-16-13-19(14-17-21)18(2)20-22/h13-14,16-17H,3-12,15H2,1-2H3/p+1. The Hall–Kier alpha value is -1.38. The van der Waals surface area contributed by atoms with E-state index in [1.807, 2.05) is 19.1 Å². The molecule has 1 heterocycles. The number of rotatable bonds is 12. The molecule has 1 aromatic heterocycles. The van der Waals surface area contributed by atoms with Crippen molar-refractivity contribution in [1.82, 2.24) is 0 Å². The fraction of sp³-hybridized carbons (Fsp3) is 0.684. The van der Waals surface area contributed by atoms with Gasteiger partial charge < -0.3 is 5.21 Å². The molecular formula is C19H33N2O+. The average molecular weight is 305 g/mol. The Bertz CT molecular complexity index is 412. The maximum Gasteiger partial charge on any atom is 0.169 e. The number of aromatic nitrogens is 1. The van der Waals surface area contributed by atoms with Crippen molar-refractivity contribution >= 4 is 5.71 Å². The average Bonchev–Trinajstić information content (AvgIpc) is 2.56. The van der Waals surface area contributed by atoms with Crippen LogP contribution >= 0.6 is 0 Å². The molecule has 1 N–H and O–H groups in total. The van der Waals surface area contributed by atoms with Crippen LogP contribution in [0.5, 0.6) is 0 Å². The molecule has 0 radical (unpaired) electrons. The van der Waals surface area contributed by atoms with E-state index in [0.29, 0.717) is 5.71 Å². The summed E-state index contributed by atoms with van der Waals surface area (Å²) in [5.41, 5.74) is 1.63. The Labute approximate surface area is 136 Å². The molecule has 3 nitrogen and oxygen atoms in total. The molecule has 22 heavy (non-hydrogen) atoms. The van der Waals surface area contributed by atoms with Gasteiger partial charge >= 0.3 is 0 Å². The molecule has 0 aromatic carbocycles. The molecule has 0 aliphatic heterocycles. The van der Waals surface area contributed by atoms with Crippen LogP contribution in [0.1, 0.15) is 83.6 Å². The predicted octanol–water partition coefficient (Wildman–Crippen LogP) is 5.09. The molecule has 0 saturated heterocycles. The van der Waals surface area contributed by atoms with Crippen LogP contribution in [0.15, 0.2) is 29.7 Å². The summed E-state index contributed by atoms with van der Waals surface area (Å²) in [6, 6.07) is 4.01. The van der Waals surface area contributed by atoms with E-state index in [2.05, 4.69) is 29.0 Å². The minimum Gasteiger partial charge on any atom is -0.411 e. The maximum absolute atomic E-state index is 8.74. The molecule has 0 aliphatic rings. The van der Waals surface area contributed by atoms with Gasteiger partial charge in [0.15, 0.2) is 12.4 Å². The number of unbranched alkanes of at least 4 members (excludes halogenated alkanes) is 9. The molecule has 124 valence electrons. The van der Waals surface area contributed by atoms with Crippen LogP contribution in [0.2, 0.25) is 0 Å². The summed E-state index contributed by atoms with van der Waals surface area (Å²) >= 11 is 0. The number of nitrogens with zero attached hydrogens (tertiary/aromatic N) is 2. The summed E-state index contributed by atoms with van der Waals surface area (Å²) in [7, 11) is 0. The van der Waals surface area contributed by atoms with Crippen molar-refractivity contribution < 1.29 is 9.77 Å². The fourth-order valence-electron chi connectivity index (χ4n) is 2.69. The molecule has 0 aliphatic carbocycles. The monoisotopic (exact) mass is 305 g/mol. The van der Waals surface area contributed by atoms with Crippen LogP contribution in [0.4, 0.5) is 0 Å². The minimum absolute atomic E-state index is 0.658. The second-order valence-electron chi connectivity index (χ2n) is 6.19. The highest BCUT2D eigenvalue weighted by Crippen LogP contribution is 2.10. The number of hydrogen-bond acceptors (Lipinski definition) is 2. The number of hydrogen-bond donors (Lipinski definition) is 1. The third-order valence-electron chi connectivity index (χ3n) is 4.23. The Morgan fingerprint density at radius 1 is 0.909 bits per heavy atom. The van der Waals surface area contributed by atoms with E-state index in [1.54, 1.807) is 0 Å². The molecule has 0 amide bonds. The van der Waals surface area contributed by atoms with Crippen molar-refractivity contribution in [3.05, 3.63) is 30.1 Å². The van der Waals surface area contributed by atoms with Crippen molar-refractivity contribution in [3.8, 4) is 0 Å². The van der Waals surface area contributed by atoms with Gasteiger partial charge in [0.1, 0.15) is 6.54 Å². The van der Waals surface area contributed by atoms with E-state index in [9.17, 15) is 0 Å². The summed E-state index contributed by atoms with van der Waals surface area (Å²) < 4.78 is 2.21. The first-order valence-electron chi connectivity index (χ1n) is 8.96. The first-order chi connectivity index (χ1) is 10.8. The molecule has 0 spiro atoms. The zero-order valence-electron chi connectivity index (χ0n) is 14.4. The molecule has 0 fully saturated rings. The molecule has 3 heteroatoms. The predicted molar refractivity (Wildman–Crippen MR) is 92.5 cm³/mol. The molecular weight excluding hydrogens is 272 g/mol. The zero-order chi connectivity index (χ0) is 16.0. The van der Waals surface area contributed by atoms with Gasteiger partial charge in [-0.2, -0.15) is 0 Å². The largest absolute Gasteiger partial charge is 0.411 e. The lowest BCUT2D eigenvalue weighted by atomic mass is 10.1. The minimum atomic E-state index is 0.658. The van der Waals surface area contributed by atoms with E-state index in [4.69, 9.17) is 5.21 Å². The van der Waals surface area contributed by atoms with E-state index < -0.39 is 0 Å². The number of oxime groups is 1. The zero-order valence-corrected chi connectivity index (χ0v) is 14.4. The van der Waals surface area contributed by atoms with Crippen LogP contribution in [0, 0.1) is 0 Å². The van der Waals surface area contributed by atoms with Gasteiger partial charge in [-0.15, -0.1) is 0 Å². The van der Waals surface area contributed by atoms with E-state index in [-0.39, 0.29) is 0 Å². The van der Waals surface area contributed by atoms with E-state index in [1.165, 1.54) is 64.2 Å². The highest BCUT2D eigenvalue weighted by molar-refractivity contribution is 5.97. The second kappa shape index (κ2) is 12.2. The Balaban J connectivity index is 2.03. The summed E-state index contributed by atoms with van der Waals surface area (Å²) in [5, 5.41) is 12.0. The molecule has 1 aromatic rings. The van der Waals surface area contributed by atoms with Gasteiger partial charge in [0.05, 0.1) is 5.71 Å². The van der Waals surface area contributed by atoms with Gasteiger partial charge in [-0.25, -0.2) is 4.57 Å². The Morgan fingerprint density at radius 3 is 1.91 bits per heavy atom. The normalized spacial score (nSPS) is 11.8. The third kappa shape index (κ3) is 8.16. The third-order valence-corrected chi connectivity index (χ3v) is 4.23. The fourth-order valence-corrected chi connectivity index (χ4v) is 2.69. The van der Waals surface area contributed by atoms with Gasteiger partial charge in [-0.05, 0) is 13.3 Å². The van der Waals surface area contributed by atoms with Gasteiger partial charge in [0.25, 0.3) is 0 Å². The summed E-state index contributed by atoms with van der Waals surface area (Å²) in [4.78, 5) is 0. The summed E-state index contributed by atoms with van der Waals surface area (Å²) in [6.45, 7) is 5.15. The summed E-state index contributed by atoms with van der Waals surface area (Å²) in [6.07, 6.45) is 17.9. The summed E-state index contributed by atoms with van der Waals surface area (Å²) in [5.74, 6) is 0. The van der Waals surface area contributed by atoms with Crippen molar-refractivity contribution in [3.63, 3.8) is 0 Å².